The molecule has 19 heavy (non-hydrogen) atoms. The Morgan fingerprint density at radius 3 is 3.11 bits per heavy atom. The Labute approximate surface area is 117 Å². The van der Waals surface area contributed by atoms with E-state index in [9.17, 15) is 0 Å². The van der Waals surface area contributed by atoms with Crippen LogP contribution in [0.1, 0.15) is 50.9 Å². The molecule has 1 aromatic heterocycles. The lowest BCUT2D eigenvalue weighted by molar-refractivity contribution is 0.154. The predicted molar refractivity (Wildman–Crippen MR) is 79.0 cm³/mol. The lowest BCUT2D eigenvalue weighted by atomic mass is 9.96. The molecule has 0 aliphatic carbocycles. The van der Waals surface area contributed by atoms with Gasteiger partial charge in [0, 0.05) is 18.7 Å². The van der Waals surface area contributed by atoms with Crippen LogP contribution < -0.4 is 5.32 Å². The summed E-state index contributed by atoms with van der Waals surface area (Å²) in [6.45, 7) is 9.93. The first kappa shape index (κ1) is 14.6. The molecule has 1 aliphatic rings. The van der Waals surface area contributed by atoms with Crippen molar-refractivity contribution in [2.75, 3.05) is 19.6 Å². The summed E-state index contributed by atoms with van der Waals surface area (Å²) in [4.78, 5) is 2.54. The molecule has 1 N–H and O–H groups in total. The van der Waals surface area contributed by atoms with Gasteiger partial charge >= 0.3 is 0 Å². The van der Waals surface area contributed by atoms with Gasteiger partial charge in [-0.3, -0.25) is 4.90 Å². The summed E-state index contributed by atoms with van der Waals surface area (Å²) in [5, 5.41) is 3.41. The molecule has 1 aliphatic heterocycles. The third-order valence-corrected chi connectivity index (χ3v) is 4.02. The number of nitrogens with zero attached hydrogens (tertiary/aromatic N) is 1. The number of likely N-dealkylation sites (tertiary alicyclic amines) is 1. The maximum Gasteiger partial charge on any atom is 0.118 e. The van der Waals surface area contributed by atoms with E-state index in [2.05, 4.69) is 30.1 Å². The van der Waals surface area contributed by atoms with Gasteiger partial charge in [0.15, 0.2) is 0 Å². The lowest BCUT2D eigenvalue weighted by Crippen LogP contribution is -2.34. The van der Waals surface area contributed by atoms with E-state index in [0.717, 1.165) is 31.3 Å². The van der Waals surface area contributed by atoms with Crippen LogP contribution >= 0.6 is 0 Å². The molecule has 1 unspecified atom stereocenters. The van der Waals surface area contributed by atoms with Gasteiger partial charge in [-0.2, -0.15) is 0 Å². The van der Waals surface area contributed by atoms with Gasteiger partial charge in [-0.1, -0.05) is 20.3 Å². The Hall–Kier alpha value is -0.800. The fourth-order valence-electron chi connectivity index (χ4n) is 2.86. The summed E-state index contributed by atoms with van der Waals surface area (Å²) in [6.07, 6.45) is 7.12. The Morgan fingerprint density at radius 2 is 2.32 bits per heavy atom. The maximum absolute atomic E-state index is 5.69. The first-order chi connectivity index (χ1) is 9.31. The molecule has 0 spiro atoms. The van der Waals surface area contributed by atoms with E-state index < -0.39 is 0 Å². The van der Waals surface area contributed by atoms with Crippen LogP contribution in [0.2, 0.25) is 0 Å². The smallest absolute Gasteiger partial charge is 0.118 e. The van der Waals surface area contributed by atoms with Crippen LogP contribution in [0.15, 0.2) is 16.7 Å². The highest BCUT2D eigenvalue weighted by Crippen LogP contribution is 2.21. The molecule has 1 fully saturated rings. The molecule has 3 nitrogen and oxygen atoms in total. The Kier molecular flexibility index (Phi) is 5.93. The van der Waals surface area contributed by atoms with Crippen molar-refractivity contribution in [1.82, 2.24) is 10.2 Å². The van der Waals surface area contributed by atoms with Gasteiger partial charge in [0.05, 0.1) is 12.8 Å². The second-order valence-corrected chi connectivity index (χ2v) is 5.75. The second kappa shape index (κ2) is 7.71. The van der Waals surface area contributed by atoms with Gasteiger partial charge < -0.3 is 9.73 Å². The van der Waals surface area contributed by atoms with E-state index >= 15 is 0 Å². The third kappa shape index (κ3) is 4.66. The van der Waals surface area contributed by atoms with E-state index in [1.165, 1.54) is 44.3 Å². The molecule has 2 heterocycles. The second-order valence-electron chi connectivity index (χ2n) is 5.75. The zero-order valence-corrected chi connectivity index (χ0v) is 12.5. The summed E-state index contributed by atoms with van der Waals surface area (Å²) in [6, 6.07) is 2.21. The van der Waals surface area contributed by atoms with Crippen molar-refractivity contribution in [2.45, 2.75) is 52.6 Å². The van der Waals surface area contributed by atoms with Crippen molar-refractivity contribution in [3.8, 4) is 0 Å². The number of nitrogens with one attached hydrogen (secondary N) is 1. The topological polar surface area (TPSA) is 28.4 Å². The van der Waals surface area contributed by atoms with Gasteiger partial charge in [0.1, 0.15) is 5.76 Å². The van der Waals surface area contributed by atoms with Crippen LogP contribution in [0.3, 0.4) is 0 Å². The van der Waals surface area contributed by atoms with Crippen molar-refractivity contribution in [2.24, 2.45) is 5.92 Å². The summed E-state index contributed by atoms with van der Waals surface area (Å²) in [5.74, 6) is 2.00. The van der Waals surface area contributed by atoms with E-state index in [1.54, 1.807) is 0 Å². The minimum atomic E-state index is 0.884. The van der Waals surface area contributed by atoms with Gasteiger partial charge in [-0.05, 0) is 44.3 Å². The Bertz CT molecular complexity index is 361. The zero-order valence-electron chi connectivity index (χ0n) is 12.5. The first-order valence-corrected chi connectivity index (χ1v) is 7.81. The van der Waals surface area contributed by atoms with Crippen molar-refractivity contribution in [1.29, 1.82) is 0 Å². The largest absolute Gasteiger partial charge is 0.468 e. The highest BCUT2D eigenvalue weighted by atomic mass is 16.3. The quantitative estimate of drug-likeness (QED) is 0.765. The highest BCUT2D eigenvalue weighted by Gasteiger charge is 2.19. The molecular weight excluding hydrogens is 236 g/mol. The molecule has 1 aromatic rings. The van der Waals surface area contributed by atoms with Crippen LogP contribution in [-0.2, 0) is 13.1 Å². The van der Waals surface area contributed by atoms with Crippen LogP contribution in [0.5, 0.6) is 0 Å². The first-order valence-electron chi connectivity index (χ1n) is 7.81. The van der Waals surface area contributed by atoms with Crippen LogP contribution in [0.25, 0.3) is 0 Å². The Balaban J connectivity index is 1.78. The Morgan fingerprint density at radius 1 is 1.42 bits per heavy atom. The molecule has 1 saturated heterocycles. The van der Waals surface area contributed by atoms with E-state index in [4.69, 9.17) is 4.42 Å². The van der Waals surface area contributed by atoms with E-state index in [1.807, 2.05) is 6.26 Å². The lowest BCUT2D eigenvalue weighted by Gasteiger charge is -2.31. The molecule has 0 amide bonds. The molecular formula is C16H28N2O. The average Bonchev–Trinajstić information content (AvgIpc) is 2.87. The van der Waals surface area contributed by atoms with Gasteiger partial charge in [0.25, 0.3) is 0 Å². The van der Waals surface area contributed by atoms with E-state index in [0.29, 0.717) is 0 Å². The zero-order chi connectivity index (χ0) is 13.5. The number of rotatable bonds is 7. The summed E-state index contributed by atoms with van der Waals surface area (Å²) in [7, 11) is 0. The molecule has 0 aromatic carbocycles. The maximum atomic E-state index is 5.69. The molecule has 108 valence electrons. The fraction of sp³-hybridized carbons (Fsp3) is 0.750. The summed E-state index contributed by atoms with van der Waals surface area (Å²) in [5.41, 5.74) is 1.27. The summed E-state index contributed by atoms with van der Waals surface area (Å²) < 4.78 is 5.69. The third-order valence-electron chi connectivity index (χ3n) is 4.02. The number of hydrogen-bond acceptors (Lipinski definition) is 3. The van der Waals surface area contributed by atoms with Crippen LogP contribution in [-0.4, -0.2) is 24.5 Å². The van der Waals surface area contributed by atoms with Crippen molar-refractivity contribution in [3.05, 3.63) is 23.7 Å². The highest BCUT2D eigenvalue weighted by molar-refractivity contribution is 5.12. The van der Waals surface area contributed by atoms with Gasteiger partial charge in [-0.15, -0.1) is 0 Å². The molecule has 0 bridgehead atoms. The number of piperidine rings is 1. The minimum Gasteiger partial charge on any atom is -0.468 e. The standard InChI is InChI=1S/C16H28N2O/c1-3-7-17-10-15-9-16(19-13-15)12-18-8-5-6-14(4-2)11-18/h9,13-14,17H,3-8,10-12H2,1-2H3. The minimum absolute atomic E-state index is 0.884. The average molecular weight is 264 g/mol. The van der Waals surface area contributed by atoms with Crippen molar-refractivity contribution >= 4 is 0 Å². The number of furan rings is 1. The fourth-order valence-corrected chi connectivity index (χ4v) is 2.86. The molecule has 0 radical (unpaired) electrons. The summed E-state index contributed by atoms with van der Waals surface area (Å²) >= 11 is 0. The predicted octanol–water partition coefficient (Wildman–Crippen LogP) is 3.40. The van der Waals surface area contributed by atoms with Gasteiger partial charge in [-0.25, -0.2) is 0 Å². The monoisotopic (exact) mass is 264 g/mol. The van der Waals surface area contributed by atoms with Gasteiger partial charge in [0.2, 0.25) is 0 Å². The van der Waals surface area contributed by atoms with Crippen LogP contribution in [0, 0.1) is 5.92 Å². The van der Waals surface area contributed by atoms with Crippen molar-refractivity contribution < 1.29 is 4.42 Å². The molecule has 1 atom stereocenters. The molecule has 2 rings (SSSR count). The molecule has 0 saturated carbocycles. The number of hydrogen-bond donors (Lipinski definition) is 1. The van der Waals surface area contributed by atoms with E-state index in [-0.39, 0.29) is 0 Å². The normalized spacial score (nSPS) is 20.8. The SMILES string of the molecule is CCCNCc1coc(CN2CCCC(CC)C2)c1. The molecule has 3 heteroatoms. The van der Waals surface area contributed by atoms with Crippen molar-refractivity contribution in [3.63, 3.8) is 0 Å². The van der Waals surface area contributed by atoms with Crippen LogP contribution in [0.4, 0.5) is 0 Å².